The summed E-state index contributed by atoms with van der Waals surface area (Å²) in [6, 6.07) is 34.8. The highest BCUT2D eigenvalue weighted by Gasteiger charge is 2.50. The third kappa shape index (κ3) is 6.28. The average Bonchev–Trinajstić information content (AvgIpc) is 3.47. The molecule has 51 heavy (non-hydrogen) atoms. The Morgan fingerprint density at radius 3 is 2.22 bits per heavy atom. The van der Waals surface area contributed by atoms with Crippen molar-refractivity contribution in [1.29, 1.82) is 0 Å². The molecule has 8 heteroatoms. The van der Waals surface area contributed by atoms with Crippen molar-refractivity contribution < 1.29 is 9.22 Å². The van der Waals surface area contributed by atoms with Gasteiger partial charge >= 0.3 is 0 Å². The minimum absolute atomic E-state index is 0.00948. The fraction of sp³-hybridized carbons (Fsp3) is 0.326. The van der Waals surface area contributed by atoms with Crippen LogP contribution in [0.2, 0.25) is 5.04 Å². The van der Waals surface area contributed by atoms with E-state index < -0.39 is 8.32 Å². The number of hydrogen-bond acceptors (Lipinski definition) is 6. The maximum atomic E-state index is 12.8. The summed E-state index contributed by atoms with van der Waals surface area (Å²) in [6.07, 6.45) is 6.54. The summed E-state index contributed by atoms with van der Waals surface area (Å²) >= 11 is 1.54. The minimum Gasteiger partial charge on any atom is -0.407 e. The third-order valence-electron chi connectivity index (χ3n) is 11.0. The number of fused-ring (bicyclic) bond motifs is 5. The molecule has 1 aliphatic carbocycles. The van der Waals surface area contributed by atoms with E-state index in [9.17, 15) is 4.79 Å². The Morgan fingerprint density at radius 1 is 0.863 bits per heavy atom. The molecule has 3 aromatic heterocycles. The topological polar surface area (TPSA) is 76.1 Å². The van der Waals surface area contributed by atoms with Crippen molar-refractivity contribution in [2.24, 2.45) is 5.92 Å². The number of pyridine rings is 2. The molecule has 1 fully saturated rings. The van der Waals surface area contributed by atoms with E-state index in [1.807, 2.05) is 13.1 Å². The van der Waals surface area contributed by atoms with Crippen LogP contribution in [0.1, 0.15) is 74.7 Å². The van der Waals surface area contributed by atoms with E-state index in [2.05, 4.69) is 128 Å². The van der Waals surface area contributed by atoms with Gasteiger partial charge in [0.25, 0.3) is 14.2 Å². The van der Waals surface area contributed by atoms with Gasteiger partial charge in [0.15, 0.2) is 0 Å². The summed E-state index contributed by atoms with van der Waals surface area (Å²) in [6.45, 7) is 10.6. The van der Waals surface area contributed by atoms with Crippen LogP contribution in [-0.2, 0) is 4.43 Å². The van der Waals surface area contributed by atoms with Gasteiger partial charge in [-0.3, -0.25) is 9.78 Å². The zero-order valence-electron chi connectivity index (χ0n) is 29.9. The molecule has 0 bridgehead atoms. The van der Waals surface area contributed by atoms with Gasteiger partial charge in [-0.05, 0) is 90.3 Å². The molecule has 1 atom stereocenters. The van der Waals surface area contributed by atoms with E-state index in [1.165, 1.54) is 27.4 Å². The lowest BCUT2D eigenvalue weighted by Crippen LogP contribution is -2.66. The Kier molecular flexibility index (Phi) is 9.03. The summed E-state index contributed by atoms with van der Waals surface area (Å²) in [5.41, 5.74) is 4.94. The van der Waals surface area contributed by atoms with E-state index in [0.29, 0.717) is 18.4 Å². The highest BCUT2D eigenvalue weighted by molar-refractivity contribution is 7.21. The highest BCUT2D eigenvalue weighted by atomic mass is 32.1. The molecule has 0 spiro atoms. The van der Waals surface area contributed by atoms with Gasteiger partial charge in [-0.15, -0.1) is 11.3 Å². The van der Waals surface area contributed by atoms with Crippen LogP contribution in [0.25, 0.3) is 32.2 Å². The maximum Gasteiger partial charge on any atom is 0.263 e. The van der Waals surface area contributed by atoms with Gasteiger partial charge in [-0.2, -0.15) is 0 Å². The number of benzene rings is 3. The van der Waals surface area contributed by atoms with Crippen molar-refractivity contribution in [3.63, 3.8) is 0 Å². The first-order valence-corrected chi connectivity index (χ1v) is 21.1. The molecule has 6 nitrogen and oxygen atoms in total. The summed E-state index contributed by atoms with van der Waals surface area (Å²) in [5.74, 6) is 0.994. The number of thiophene rings is 1. The molecule has 2 aliphatic rings. The molecular weight excluding hydrogens is 665 g/mol. The zero-order valence-corrected chi connectivity index (χ0v) is 31.7. The van der Waals surface area contributed by atoms with Crippen LogP contribution in [0.4, 0.5) is 5.69 Å². The first-order chi connectivity index (χ1) is 24.7. The molecule has 8 rings (SSSR count). The van der Waals surface area contributed by atoms with Crippen molar-refractivity contribution in [3.8, 4) is 11.3 Å². The number of nitrogens with one attached hydrogen (secondary N) is 2. The number of rotatable bonds is 7. The molecular formula is C43H46N4O2SSi. The molecule has 260 valence electrons. The smallest absolute Gasteiger partial charge is 0.263 e. The average molecular weight is 711 g/mol. The van der Waals surface area contributed by atoms with Gasteiger partial charge in [0.1, 0.15) is 4.88 Å². The number of carbonyl (C=O) groups is 1. The quantitative estimate of drug-likeness (QED) is 0.162. The minimum atomic E-state index is -2.53. The second-order valence-corrected chi connectivity index (χ2v) is 20.8. The highest BCUT2D eigenvalue weighted by Crippen LogP contribution is 2.42. The fourth-order valence-electron chi connectivity index (χ4n) is 8.31. The predicted molar refractivity (Wildman–Crippen MR) is 214 cm³/mol. The molecule has 0 radical (unpaired) electrons. The third-order valence-corrected chi connectivity index (χ3v) is 17.1. The van der Waals surface area contributed by atoms with E-state index in [-0.39, 0.29) is 17.0 Å². The number of anilines is 1. The van der Waals surface area contributed by atoms with Crippen LogP contribution in [0.5, 0.6) is 0 Å². The van der Waals surface area contributed by atoms with Crippen LogP contribution >= 0.6 is 11.3 Å². The molecule has 4 heterocycles. The molecule has 3 aromatic carbocycles. The number of amides is 1. The Morgan fingerprint density at radius 2 is 1.57 bits per heavy atom. The fourth-order valence-corrected chi connectivity index (χ4v) is 14.1. The standard InChI is InChI=1S/C43H46N4O2SSi/c1-28-25-45-40-39-34-20-22-36(47-37(34)23-24-38(39)50-41(40)42(48)46-28)31-19-21-35(44-26-31)30-17-15-29(16-18-30)27-49-51(43(2,3)4,32-11-7-5-8-12-32)33-13-9-6-10-14-33/h5-14,19-24,26,28-30,45H,15-18,25,27H2,1-4H3,(H,46,48). The second-order valence-electron chi connectivity index (χ2n) is 15.4. The molecule has 0 saturated heterocycles. The molecule has 6 aromatic rings. The molecule has 1 aliphatic heterocycles. The Labute approximate surface area is 305 Å². The molecule has 1 amide bonds. The van der Waals surface area contributed by atoms with Crippen LogP contribution in [-0.4, -0.2) is 43.4 Å². The van der Waals surface area contributed by atoms with Crippen molar-refractivity contribution in [1.82, 2.24) is 15.3 Å². The Bertz CT molecular complexity index is 2130. The van der Waals surface area contributed by atoms with Crippen molar-refractivity contribution in [2.75, 3.05) is 18.5 Å². The second kappa shape index (κ2) is 13.6. The summed E-state index contributed by atoms with van der Waals surface area (Å²) < 4.78 is 8.39. The Hall–Kier alpha value is -4.37. The first kappa shape index (κ1) is 33.8. The van der Waals surface area contributed by atoms with Gasteiger partial charge in [0.05, 0.1) is 16.9 Å². The van der Waals surface area contributed by atoms with Crippen LogP contribution in [0.15, 0.2) is 103 Å². The van der Waals surface area contributed by atoms with Crippen LogP contribution < -0.4 is 21.0 Å². The molecule has 1 unspecified atom stereocenters. The van der Waals surface area contributed by atoms with Crippen molar-refractivity contribution in [3.05, 3.63) is 114 Å². The van der Waals surface area contributed by atoms with Crippen LogP contribution in [0, 0.1) is 5.92 Å². The zero-order chi connectivity index (χ0) is 35.2. The SMILES string of the molecule is CC1CNc2c(sc3ccc4nc(-c5ccc(C6CCC(CO[Si](c7ccccc7)(c7ccccc7)C(C)(C)C)CC6)nc5)ccc4c23)C(=O)N1. The number of nitrogens with zero attached hydrogens (tertiary/aromatic N) is 2. The molecule has 1 saturated carbocycles. The normalized spacial score (nSPS) is 19.7. The lowest BCUT2D eigenvalue weighted by molar-refractivity contribution is 0.0949. The lowest BCUT2D eigenvalue weighted by atomic mass is 9.80. The van der Waals surface area contributed by atoms with E-state index >= 15 is 0 Å². The van der Waals surface area contributed by atoms with E-state index in [1.54, 1.807) is 0 Å². The van der Waals surface area contributed by atoms with Gasteiger partial charge in [-0.25, -0.2) is 4.98 Å². The molecule has 2 N–H and O–H groups in total. The number of aromatic nitrogens is 2. The number of carbonyl (C=O) groups excluding carboxylic acids is 1. The monoisotopic (exact) mass is 710 g/mol. The van der Waals surface area contributed by atoms with Gasteiger partial charge in [-0.1, -0.05) is 81.4 Å². The van der Waals surface area contributed by atoms with E-state index in [4.69, 9.17) is 14.4 Å². The number of hydrogen-bond donors (Lipinski definition) is 2. The van der Waals surface area contributed by atoms with Crippen molar-refractivity contribution in [2.45, 2.75) is 70.4 Å². The summed E-state index contributed by atoms with van der Waals surface area (Å²) in [5, 5.41) is 11.4. The van der Waals surface area contributed by atoms with Crippen LogP contribution in [0.3, 0.4) is 0 Å². The van der Waals surface area contributed by atoms with Gasteiger partial charge in [0, 0.05) is 58.0 Å². The Balaban J connectivity index is 0.962. The van der Waals surface area contributed by atoms with Crippen molar-refractivity contribution >= 4 is 62.6 Å². The first-order valence-electron chi connectivity index (χ1n) is 18.3. The van der Waals surface area contributed by atoms with E-state index in [0.717, 1.165) is 75.1 Å². The lowest BCUT2D eigenvalue weighted by Gasteiger charge is -2.44. The summed E-state index contributed by atoms with van der Waals surface area (Å²) in [4.78, 5) is 23.6. The maximum absolute atomic E-state index is 12.8. The predicted octanol–water partition coefficient (Wildman–Crippen LogP) is 8.91. The van der Waals surface area contributed by atoms with Gasteiger partial charge < -0.3 is 15.1 Å². The largest absolute Gasteiger partial charge is 0.407 e. The summed E-state index contributed by atoms with van der Waals surface area (Å²) in [7, 11) is -2.53. The van der Waals surface area contributed by atoms with Gasteiger partial charge in [0.2, 0.25) is 0 Å².